The van der Waals surface area contributed by atoms with E-state index in [-0.39, 0.29) is 17.7 Å². The number of rotatable bonds is 3. The summed E-state index contributed by atoms with van der Waals surface area (Å²) in [5.74, 6) is -0.447. The average Bonchev–Trinajstić information content (AvgIpc) is 2.46. The lowest BCUT2D eigenvalue weighted by Crippen LogP contribution is -2.42. The van der Waals surface area contributed by atoms with Crippen LogP contribution in [0, 0.1) is 5.92 Å². The van der Waals surface area contributed by atoms with E-state index in [9.17, 15) is 9.59 Å². The third-order valence-electron chi connectivity index (χ3n) is 3.92. The molecule has 1 aromatic rings. The number of hydrogen-bond donors (Lipinski definition) is 2. The standard InChI is InChI=1S/C15H22N4O2/c1-18(2)13-4-3-11(16)9-12(13)15(21)19-7-5-10(6-8-19)14(17)20/h3-4,9-10H,5-8,16H2,1-2H3,(H2,17,20). The van der Waals surface area contributed by atoms with Crippen LogP contribution in [0.1, 0.15) is 23.2 Å². The van der Waals surface area contributed by atoms with Gasteiger partial charge in [-0.1, -0.05) is 0 Å². The Hall–Kier alpha value is -2.24. The molecule has 2 amide bonds. The first-order valence-electron chi connectivity index (χ1n) is 7.05. The molecule has 1 aliphatic heterocycles. The van der Waals surface area contributed by atoms with Crippen molar-refractivity contribution in [2.45, 2.75) is 12.8 Å². The molecule has 1 aromatic carbocycles. The van der Waals surface area contributed by atoms with Gasteiger partial charge in [-0.3, -0.25) is 9.59 Å². The number of carbonyl (C=O) groups excluding carboxylic acids is 2. The van der Waals surface area contributed by atoms with Gasteiger partial charge in [0.1, 0.15) is 0 Å². The van der Waals surface area contributed by atoms with Crippen molar-refractivity contribution in [3.05, 3.63) is 23.8 Å². The fraction of sp³-hybridized carbons (Fsp3) is 0.467. The molecule has 6 heteroatoms. The van der Waals surface area contributed by atoms with Gasteiger partial charge in [-0.25, -0.2) is 0 Å². The monoisotopic (exact) mass is 290 g/mol. The highest BCUT2D eigenvalue weighted by Crippen LogP contribution is 2.25. The van der Waals surface area contributed by atoms with Crippen LogP contribution in [0.15, 0.2) is 18.2 Å². The van der Waals surface area contributed by atoms with E-state index in [1.54, 1.807) is 17.0 Å². The van der Waals surface area contributed by atoms with Crippen molar-refractivity contribution in [3.63, 3.8) is 0 Å². The second-order valence-electron chi connectivity index (χ2n) is 5.64. The summed E-state index contributed by atoms with van der Waals surface area (Å²) in [7, 11) is 3.78. The highest BCUT2D eigenvalue weighted by molar-refractivity contribution is 6.00. The number of piperidine rings is 1. The number of nitrogen functional groups attached to an aromatic ring is 1. The summed E-state index contributed by atoms with van der Waals surface area (Å²) in [5, 5.41) is 0. The Bertz CT molecular complexity index is 549. The minimum atomic E-state index is -0.278. The van der Waals surface area contributed by atoms with E-state index in [2.05, 4.69) is 0 Å². The predicted molar refractivity (Wildman–Crippen MR) is 83.0 cm³/mol. The number of nitrogens with two attached hydrogens (primary N) is 2. The molecule has 1 aliphatic rings. The molecule has 2 rings (SSSR count). The zero-order valence-electron chi connectivity index (χ0n) is 12.5. The SMILES string of the molecule is CN(C)c1ccc(N)cc1C(=O)N1CCC(C(N)=O)CC1. The van der Waals surface area contributed by atoms with Crippen LogP contribution >= 0.6 is 0 Å². The minimum absolute atomic E-state index is 0.0473. The van der Waals surface area contributed by atoms with Crippen LogP contribution in [0.5, 0.6) is 0 Å². The van der Waals surface area contributed by atoms with Gasteiger partial charge in [0, 0.05) is 44.5 Å². The van der Waals surface area contributed by atoms with Crippen molar-refractivity contribution in [1.82, 2.24) is 4.90 Å². The summed E-state index contributed by atoms with van der Waals surface area (Å²) >= 11 is 0. The molecule has 0 aromatic heterocycles. The van der Waals surface area contributed by atoms with E-state index < -0.39 is 0 Å². The van der Waals surface area contributed by atoms with Gasteiger partial charge in [0.05, 0.1) is 5.56 Å². The van der Waals surface area contributed by atoms with E-state index in [4.69, 9.17) is 11.5 Å². The van der Waals surface area contributed by atoms with Crippen molar-refractivity contribution in [3.8, 4) is 0 Å². The lowest BCUT2D eigenvalue weighted by Gasteiger charge is -2.31. The molecule has 6 nitrogen and oxygen atoms in total. The van der Waals surface area contributed by atoms with Gasteiger partial charge in [-0.15, -0.1) is 0 Å². The van der Waals surface area contributed by atoms with Crippen LogP contribution < -0.4 is 16.4 Å². The molecular weight excluding hydrogens is 268 g/mol. The fourth-order valence-corrected chi connectivity index (χ4v) is 2.65. The van der Waals surface area contributed by atoms with Gasteiger partial charge in [0.15, 0.2) is 0 Å². The van der Waals surface area contributed by atoms with E-state index in [0.717, 1.165) is 5.69 Å². The lowest BCUT2D eigenvalue weighted by molar-refractivity contribution is -0.123. The van der Waals surface area contributed by atoms with Gasteiger partial charge >= 0.3 is 0 Å². The Labute approximate surface area is 124 Å². The first kappa shape index (κ1) is 15.2. The first-order chi connectivity index (χ1) is 9.90. The minimum Gasteiger partial charge on any atom is -0.399 e. The van der Waals surface area contributed by atoms with Crippen molar-refractivity contribution in [1.29, 1.82) is 0 Å². The number of primary amides is 1. The van der Waals surface area contributed by atoms with Gasteiger partial charge < -0.3 is 21.3 Å². The molecular formula is C15H22N4O2. The average molecular weight is 290 g/mol. The molecule has 4 N–H and O–H groups in total. The first-order valence-corrected chi connectivity index (χ1v) is 7.05. The molecule has 0 saturated carbocycles. The fourth-order valence-electron chi connectivity index (χ4n) is 2.65. The maximum atomic E-state index is 12.7. The van der Waals surface area contributed by atoms with Gasteiger partial charge in [0.2, 0.25) is 5.91 Å². The second kappa shape index (κ2) is 6.03. The maximum Gasteiger partial charge on any atom is 0.256 e. The molecule has 0 spiro atoms. The summed E-state index contributed by atoms with van der Waals surface area (Å²) in [4.78, 5) is 27.5. The Morgan fingerprint density at radius 2 is 1.86 bits per heavy atom. The molecule has 0 unspecified atom stereocenters. The highest BCUT2D eigenvalue weighted by atomic mass is 16.2. The molecule has 1 saturated heterocycles. The Kier molecular flexibility index (Phi) is 4.35. The molecule has 1 fully saturated rings. The molecule has 0 atom stereocenters. The van der Waals surface area contributed by atoms with E-state index >= 15 is 0 Å². The predicted octanol–water partition coefficient (Wildman–Crippen LogP) is 0.672. The van der Waals surface area contributed by atoms with Crippen molar-refractivity contribution in [2.24, 2.45) is 11.7 Å². The summed E-state index contributed by atoms with van der Waals surface area (Å²) in [6, 6.07) is 5.34. The maximum absolute atomic E-state index is 12.7. The number of hydrogen-bond acceptors (Lipinski definition) is 4. The van der Waals surface area contributed by atoms with Crippen LogP contribution in [0.3, 0.4) is 0 Å². The van der Waals surface area contributed by atoms with Crippen molar-refractivity contribution >= 4 is 23.2 Å². The smallest absolute Gasteiger partial charge is 0.256 e. The van der Waals surface area contributed by atoms with Crippen LogP contribution in [-0.2, 0) is 4.79 Å². The summed E-state index contributed by atoms with van der Waals surface area (Å²) < 4.78 is 0. The quantitative estimate of drug-likeness (QED) is 0.800. The number of carbonyl (C=O) groups is 2. The zero-order valence-corrected chi connectivity index (χ0v) is 12.5. The summed E-state index contributed by atoms with van der Waals surface area (Å²) in [5.41, 5.74) is 13.1. The Morgan fingerprint density at radius 1 is 1.24 bits per heavy atom. The van der Waals surface area contributed by atoms with Crippen LogP contribution in [-0.4, -0.2) is 43.9 Å². The van der Waals surface area contributed by atoms with Gasteiger partial charge in [-0.2, -0.15) is 0 Å². The third kappa shape index (κ3) is 3.26. The normalized spacial score (nSPS) is 15.8. The van der Waals surface area contributed by atoms with Crippen LogP contribution in [0.4, 0.5) is 11.4 Å². The molecule has 114 valence electrons. The van der Waals surface area contributed by atoms with E-state index in [1.165, 1.54) is 0 Å². The molecule has 0 bridgehead atoms. The molecule has 0 radical (unpaired) electrons. The summed E-state index contributed by atoms with van der Waals surface area (Å²) in [6.45, 7) is 1.10. The van der Waals surface area contributed by atoms with E-state index in [1.807, 2.05) is 25.1 Å². The molecule has 0 aliphatic carbocycles. The van der Waals surface area contributed by atoms with Crippen molar-refractivity contribution < 1.29 is 9.59 Å². The Balaban J connectivity index is 2.18. The number of benzene rings is 1. The summed E-state index contributed by atoms with van der Waals surface area (Å²) in [6.07, 6.45) is 1.25. The van der Waals surface area contributed by atoms with Gasteiger partial charge in [0.25, 0.3) is 5.91 Å². The number of anilines is 2. The number of likely N-dealkylation sites (tertiary alicyclic amines) is 1. The third-order valence-corrected chi connectivity index (χ3v) is 3.92. The lowest BCUT2D eigenvalue weighted by atomic mass is 9.95. The topological polar surface area (TPSA) is 92.7 Å². The largest absolute Gasteiger partial charge is 0.399 e. The highest BCUT2D eigenvalue weighted by Gasteiger charge is 2.27. The van der Waals surface area contributed by atoms with Crippen LogP contribution in [0.25, 0.3) is 0 Å². The van der Waals surface area contributed by atoms with Crippen molar-refractivity contribution in [2.75, 3.05) is 37.8 Å². The number of amides is 2. The zero-order chi connectivity index (χ0) is 15.6. The number of nitrogens with zero attached hydrogens (tertiary/aromatic N) is 2. The molecule has 21 heavy (non-hydrogen) atoms. The van der Waals surface area contributed by atoms with Crippen LogP contribution in [0.2, 0.25) is 0 Å². The van der Waals surface area contributed by atoms with Gasteiger partial charge in [-0.05, 0) is 31.0 Å². The second-order valence-corrected chi connectivity index (χ2v) is 5.64. The Morgan fingerprint density at radius 3 is 2.38 bits per heavy atom. The molecule has 1 heterocycles. The van der Waals surface area contributed by atoms with E-state index in [0.29, 0.717) is 37.2 Å².